The van der Waals surface area contributed by atoms with Gasteiger partial charge in [0.15, 0.2) is 0 Å². The summed E-state index contributed by atoms with van der Waals surface area (Å²) in [5.41, 5.74) is 0. The fraction of sp³-hybridized carbons (Fsp3) is 1.00. The first-order valence-corrected chi connectivity index (χ1v) is 27.5. The number of phosphoric acid groups is 3. The molecule has 0 aromatic carbocycles. The molecule has 16 heteroatoms. The van der Waals surface area contributed by atoms with Crippen LogP contribution in [0.1, 0.15) is 234 Å². The van der Waals surface area contributed by atoms with Gasteiger partial charge >= 0.3 is 17.4 Å². The Balaban J connectivity index is -0.000000374. The molecule has 0 bridgehead atoms. The Kier molecular flexibility index (Phi) is 57.0. The topological polar surface area (TPSA) is 176 Å². The molecule has 0 heterocycles. The van der Waals surface area contributed by atoms with Gasteiger partial charge in [-0.2, -0.15) is 0 Å². The van der Waals surface area contributed by atoms with Crippen LogP contribution >= 0.6 is 23.5 Å². The van der Waals surface area contributed by atoms with Crippen LogP contribution in [0, 0.1) is 0 Å². The SMILES string of the molecule is CCCCCCCOP(=O)([O-])OCCCCCCC.CCCCCCCOP(=O)([O-])OCCCCCCC.CCCCCCCOP(=O)([O-])OCCCCCCC.[Cr+3]. The van der Waals surface area contributed by atoms with E-state index in [1.165, 1.54) is 77.0 Å². The molecule has 1 radical (unpaired) electrons. The van der Waals surface area contributed by atoms with E-state index in [1.807, 2.05) is 0 Å². The number of hydrogen-bond acceptors (Lipinski definition) is 12. The summed E-state index contributed by atoms with van der Waals surface area (Å²) in [6.45, 7) is 14.4. The van der Waals surface area contributed by atoms with Gasteiger partial charge in [-0.05, 0) is 38.5 Å². The quantitative estimate of drug-likeness (QED) is 0.0419. The van der Waals surface area contributed by atoms with Crippen LogP contribution in [-0.2, 0) is 58.2 Å². The summed E-state index contributed by atoms with van der Waals surface area (Å²) >= 11 is 0. The second kappa shape index (κ2) is 50.5. The molecule has 0 aromatic rings. The first-order valence-electron chi connectivity index (χ1n) is 23.2. The fourth-order valence-electron chi connectivity index (χ4n) is 5.40. The number of hydrogen-bond donors (Lipinski definition) is 0. The van der Waals surface area contributed by atoms with Crippen molar-refractivity contribution in [3.63, 3.8) is 0 Å². The minimum Gasteiger partial charge on any atom is -0.756 e. The van der Waals surface area contributed by atoms with Gasteiger partial charge in [-0.1, -0.05) is 196 Å². The summed E-state index contributed by atoms with van der Waals surface area (Å²) in [5.74, 6) is 0. The third kappa shape index (κ3) is 59.0. The van der Waals surface area contributed by atoms with E-state index in [-0.39, 0.29) is 57.0 Å². The summed E-state index contributed by atoms with van der Waals surface area (Å²) in [6.07, 6.45) is 31.9. The Bertz CT molecular complexity index is 762. The van der Waals surface area contributed by atoms with Crippen molar-refractivity contribution in [3.05, 3.63) is 0 Å². The van der Waals surface area contributed by atoms with Crippen molar-refractivity contribution in [2.24, 2.45) is 0 Å². The normalized spacial score (nSPS) is 11.7. The largest absolute Gasteiger partial charge is 3.00 e. The molecule has 0 saturated heterocycles. The maximum absolute atomic E-state index is 11.4. The molecule has 0 spiro atoms. The molecular formula is C42H90CrO12P3. The second-order valence-corrected chi connectivity index (χ2v) is 19.1. The van der Waals surface area contributed by atoms with Gasteiger partial charge in [-0.3, -0.25) is 13.7 Å². The van der Waals surface area contributed by atoms with Gasteiger partial charge < -0.3 is 41.8 Å². The maximum Gasteiger partial charge on any atom is 3.00 e. The van der Waals surface area contributed by atoms with Crippen LogP contribution in [0.25, 0.3) is 0 Å². The Labute approximate surface area is 368 Å². The van der Waals surface area contributed by atoms with Crippen molar-refractivity contribution in [1.82, 2.24) is 0 Å². The van der Waals surface area contributed by atoms with Gasteiger partial charge in [0.05, 0.1) is 39.6 Å². The number of phosphoric ester groups is 3. The van der Waals surface area contributed by atoms with Crippen molar-refractivity contribution < 1.29 is 72.9 Å². The molecule has 0 aliphatic rings. The van der Waals surface area contributed by atoms with Gasteiger partial charge in [-0.25, -0.2) is 0 Å². The zero-order chi connectivity index (χ0) is 43.2. The van der Waals surface area contributed by atoms with Gasteiger partial charge in [0, 0.05) is 0 Å². The van der Waals surface area contributed by atoms with Gasteiger partial charge in [0.2, 0.25) is 0 Å². The third-order valence-electron chi connectivity index (χ3n) is 8.98. The van der Waals surface area contributed by atoms with E-state index < -0.39 is 23.5 Å². The van der Waals surface area contributed by atoms with E-state index in [0.29, 0.717) is 0 Å². The van der Waals surface area contributed by atoms with E-state index in [2.05, 4.69) is 41.5 Å². The molecule has 0 rings (SSSR count). The molecule has 0 fully saturated rings. The molecule has 0 atom stereocenters. The van der Waals surface area contributed by atoms with Crippen molar-refractivity contribution in [1.29, 1.82) is 0 Å². The standard InChI is InChI=1S/3C14H31O4P.Cr/c3*1-3-5-7-9-11-13-17-19(15,16)18-14-12-10-8-6-4-2;/h3*3-14H2,1-2H3,(H,15,16);/q;;;+3/p-3. The molecule has 58 heavy (non-hydrogen) atoms. The smallest absolute Gasteiger partial charge is 0.756 e. The average molecular weight is 932 g/mol. The van der Waals surface area contributed by atoms with Crippen molar-refractivity contribution in [2.45, 2.75) is 234 Å². The van der Waals surface area contributed by atoms with Crippen LogP contribution < -0.4 is 14.7 Å². The van der Waals surface area contributed by atoms with E-state index in [4.69, 9.17) is 27.1 Å². The van der Waals surface area contributed by atoms with Crippen molar-refractivity contribution in [3.8, 4) is 0 Å². The third-order valence-corrected chi connectivity index (χ3v) is 12.0. The predicted molar refractivity (Wildman–Crippen MR) is 231 cm³/mol. The maximum atomic E-state index is 11.4. The summed E-state index contributed by atoms with van der Waals surface area (Å²) < 4.78 is 63.1. The molecule has 351 valence electrons. The van der Waals surface area contributed by atoms with Gasteiger partial charge in [-0.15, -0.1) is 0 Å². The molecule has 0 aliphatic carbocycles. The summed E-state index contributed by atoms with van der Waals surface area (Å²) in [5, 5.41) is 0. The first kappa shape index (κ1) is 65.5. The van der Waals surface area contributed by atoms with Crippen LogP contribution in [0.15, 0.2) is 0 Å². The van der Waals surface area contributed by atoms with E-state index in [0.717, 1.165) is 116 Å². The van der Waals surface area contributed by atoms with E-state index >= 15 is 0 Å². The minimum atomic E-state index is -4.05. The van der Waals surface area contributed by atoms with Crippen molar-refractivity contribution >= 4 is 23.5 Å². The van der Waals surface area contributed by atoms with Gasteiger partial charge in [0.25, 0.3) is 23.5 Å². The molecule has 0 aliphatic heterocycles. The summed E-state index contributed by atoms with van der Waals surface area (Å²) in [7, 11) is -12.2. The molecule has 12 nitrogen and oxygen atoms in total. The summed E-state index contributed by atoms with van der Waals surface area (Å²) in [6, 6.07) is 0. The molecular weight excluding hydrogens is 841 g/mol. The zero-order valence-corrected chi connectivity index (χ0v) is 42.1. The van der Waals surface area contributed by atoms with Crippen molar-refractivity contribution in [2.75, 3.05) is 39.6 Å². The Hall–Kier alpha value is 0.862. The average Bonchev–Trinajstić information content (AvgIpc) is 3.17. The molecule has 0 N–H and O–H groups in total. The fourth-order valence-corrected chi connectivity index (χ4v) is 7.74. The number of unbranched alkanes of at least 4 members (excludes halogenated alkanes) is 24. The van der Waals surface area contributed by atoms with Crippen LogP contribution in [0.5, 0.6) is 0 Å². The predicted octanol–water partition coefficient (Wildman–Crippen LogP) is 13.3. The summed E-state index contributed by atoms with van der Waals surface area (Å²) in [4.78, 5) is 34.2. The molecule has 0 unspecified atom stereocenters. The second-order valence-electron chi connectivity index (χ2n) is 14.8. The zero-order valence-electron chi connectivity index (χ0n) is 38.1. The van der Waals surface area contributed by atoms with Crippen LogP contribution in [0.2, 0.25) is 0 Å². The minimum absolute atomic E-state index is 0. The Morgan fingerprint density at radius 3 is 0.500 bits per heavy atom. The Morgan fingerprint density at radius 2 is 0.379 bits per heavy atom. The molecule has 0 saturated carbocycles. The van der Waals surface area contributed by atoms with Crippen LogP contribution in [0.3, 0.4) is 0 Å². The molecule has 0 aromatic heterocycles. The van der Waals surface area contributed by atoms with Gasteiger partial charge in [0.1, 0.15) is 0 Å². The van der Waals surface area contributed by atoms with E-state index in [9.17, 15) is 28.4 Å². The Morgan fingerprint density at radius 1 is 0.259 bits per heavy atom. The number of rotatable bonds is 42. The monoisotopic (exact) mass is 932 g/mol. The first-order chi connectivity index (χ1) is 27.4. The van der Waals surface area contributed by atoms with Crippen LogP contribution in [-0.4, -0.2) is 39.6 Å². The van der Waals surface area contributed by atoms with Crippen LogP contribution in [0.4, 0.5) is 0 Å². The molecule has 0 amide bonds. The van der Waals surface area contributed by atoms with E-state index in [1.54, 1.807) is 0 Å².